The second kappa shape index (κ2) is 6.40. The largest absolute Gasteiger partial charge is 0.370 e. The molecular weight excluding hydrogens is 298 g/mol. The number of rotatable bonds is 2. The number of likely N-dealkylation sites (tertiary alicyclic amines) is 1. The van der Waals surface area contributed by atoms with Crippen molar-refractivity contribution in [1.29, 1.82) is 0 Å². The normalized spacial score (nSPS) is 18.2. The SMILES string of the molecule is NC(=NCc1ccc(Br)s1)N1CCCCCC1. The van der Waals surface area contributed by atoms with Gasteiger partial charge in [-0.15, -0.1) is 11.3 Å². The molecule has 1 aliphatic rings. The standard InChI is InChI=1S/C12H18BrN3S/c13-11-6-5-10(17-11)9-15-12(14)16-7-3-1-2-4-8-16/h5-6H,1-4,7-9H2,(H2,14,15). The zero-order valence-electron chi connectivity index (χ0n) is 9.86. The summed E-state index contributed by atoms with van der Waals surface area (Å²) in [4.78, 5) is 7.95. The fourth-order valence-electron chi connectivity index (χ4n) is 2.00. The van der Waals surface area contributed by atoms with Gasteiger partial charge in [0.05, 0.1) is 10.3 Å². The van der Waals surface area contributed by atoms with Crippen molar-refractivity contribution in [1.82, 2.24) is 4.90 Å². The third kappa shape index (κ3) is 4.00. The van der Waals surface area contributed by atoms with E-state index in [4.69, 9.17) is 5.73 Å². The number of nitrogens with zero attached hydrogens (tertiary/aromatic N) is 2. The average molecular weight is 316 g/mol. The maximum absolute atomic E-state index is 6.04. The van der Waals surface area contributed by atoms with Crippen LogP contribution in [0.15, 0.2) is 20.9 Å². The Morgan fingerprint density at radius 1 is 1.29 bits per heavy atom. The molecule has 0 unspecified atom stereocenters. The Hall–Kier alpha value is -0.550. The maximum atomic E-state index is 6.04. The molecule has 0 radical (unpaired) electrons. The summed E-state index contributed by atoms with van der Waals surface area (Å²) >= 11 is 5.17. The van der Waals surface area contributed by atoms with Gasteiger partial charge >= 0.3 is 0 Å². The first-order valence-electron chi connectivity index (χ1n) is 6.05. The van der Waals surface area contributed by atoms with Crippen LogP contribution in [0.25, 0.3) is 0 Å². The van der Waals surface area contributed by atoms with Crippen molar-refractivity contribution in [3.8, 4) is 0 Å². The van der Waals surface area contributed by atoms with Gasteiger partial charge in [-0.25, -0.2) is 4.99 Å². The molecule has 17 heavy (non-hydrogen) atoms. The lowest BCUT2D eigenvalue weighted by Gasteiger charge is -2.20. The van der Waals surface area contributed by atoms with Gasteiger partial charge in [-0.3, -0.25) is 0 Å². The second-order valence-electron chi connectivity index (χ2n) is 4.28. The van der Waals surface area contributed by atoms with E-state index in [1.54, 1.807) is 11.3 Å². The predicted molar refractivity (Wildman–Crippen MR) is 77.4 cm³/mol. The Balaban J connectivity index is 1.91. The van der Waals surface area contributed by atoms with E-state index in [1.165, 1.54) is 30.6 Å². The van der Waals surface area contributed by atoms with Crippen LogP contribution in [0.5, 0.6) is 0 Å². The highest BCUT2D eigenvalue weighted by atomic mass is 79.9. The first-order chi connectivity index (χ1) is 8.25. The van der Waals surface area contributed by atoms with Crippen molar-refractivity contribution >= 4 is 33.2 Å². The first kappa shape index (κ1) is 12.9. The smallest absolute Gasteiger partial charge is 0.191 e. The number of thiophene rings is 1. The van der Waals surface area contributed by atoms with Crippen LogP contribution < -0.4 is 5.73 Å². The maximum Gasteiger partial charge on any atom is 0.191 e. The van der Waals surface area contributed by atoms with Crippen molar-refractivity contribution in [2.24, 2.45) is 10.7 Å². The molecule has 2 heterocycles. The van der Waals surface area contributed by atoms with Crippen LogP contribution in [0.1, 0.15) is 30.6 Å². The van der Waals surface area contributed by atoms with Gasteiger partial charge in [0.15, 0.2) is 5.96 Å². The van der Waals surface area contributed by atoms with E-state index in [1.807, 2.05) is 0 Å². The first-order valence-corrected chi connectivity index (χ1v) is 7.66. The van der Waals surface area contributed by atoms with Crippen molar-refractivity contribution < 1.29 is 0 Å². The second-order valence-corrected chi connectivity index (χ2v) is 6.83. The minimum atomic E-state index is 0.693. The molecule has 5 heteroatoms. The summed E-state index contributed by atoms with van der Waals surface area (Å²) in [5.74, 6) is 0.705. The molecule has 0 saturated carbocycles. The minimum Gasteiger partial charge on any atom is -0.370 e. The zero-order chi connectivity index (χ0) is 12.1. The van der Waals surface area contributed by atoms with E-state index >= 15 is 0 Å². The van der Waals surface area contributed by atoms with Crippen molar-refractivity contribution in [2.75, 3.05) is 13.1 Å². The van der Waals surface area contributed by atoms with Gasteiger partial charge < -0.3 is 10.6 Å². The molecule has 0 aliphatic carbocycles. The molecule has 1 saturated heterocycles. The molecule has 0 amide bonds. The molecule has 1 aliphatic heterocycles. The van der Waals surface area contributed by atoms with E-state index in [0.29, 0.717) is 12.5 Å². The van der Waals surface area contributed by atoms with E-state index in [-0.39, 0.29) is 0 Å². The van der Waals surface area contributed by atoms with Crippen LogP contribution in [-0.4, -0.2) is 23.9 Å². The van der Waals surface area contributed by atoms with Crippen molar-refractivity contribution in [3.05, 3.63) is 20.8 Å². The molecular formula is C12H18BrN3S. The average Bonchev–Trinajstić information content (AvgIpc) is 2.58. The van der Waals surface area contributed by atoms with Crippen LogP contribution in [0.4, 0.5) is 0 Å². The highest BCUT2D eigenvalue weighted by Gasteiger charge is 2.10. The summed E-state index contributed by atoms with van der Waals surface area (Å²) in [5, 5.41) is 0. The van der Waals surface area contributed by atoms with Crippen molar-refractivity contribution in [2.45, 2.75) is 32.2 Å². The molecule has 1 aromatic heterocycles. The number of hydrogen-bond acceptors (Lipinski definition) is 2. The van der Waals surface area contributed by atoms with E-state index in [0.717, 1.165) is 16.9 Å². The predicted octanol–water partition coefficient (Wildman–Crippen LogP) is 3.20. The summed E-state index contributed by atoms with van der Waals surface area (Å²) in [5.41, 5.74) is 6.04. The van der Waals surface area contributed by atoms with Crippen LogP contribution in [0.2, 0.25) is 0 Å². The molecule has 2 rings (SSSR count). The lowest BCUT2D eigenvalue weighted by Crippen LogP contribution is -2.38. The fourth-order valence-corrected chi connectivity index (χ4v) is 3.40. The molecule has 1 fully saturated rings. The van der Waals surface area contributed by atoms with Crippen LogP contribution in [-0.2, 0) is 6.54 Å². The van der Waals surface area contributed by atoms with Gasteiger partial charge in [-0.2, -0.15) is 0 Å². The zero-order valence-corrected chi connectivity index (χ0v) is 12.3. The Kier molecular flexibility index (Phi) is 4.86. The summed E-state index contributed by atoms with van der Waals surface area (Å²) in [7, 11) is 0. The number of halogens is 1. The molecule has 0 bridgehead atoms. The highest BCUT2D eigenvalue weighted by molar-refractivity contribution is 9.11. The number of guanidine groups is 1. The van der Waals surface area contributed by atoms with Gasteiger partial charge in [0.1, 0.15) is 0 Å². The number of aliphatic imine (C=N–C) groups is 1. The molecule has 94 valence electrons. The van der Waals surface area contributed by atoms with E-state index < -0.39 is 0 Å². The fraction of sp³-hybridized carbons (Fsp3) is 0.583. The topological polar surface area (TPSA) is 41.6 Å². The lowest BCUT2D eigenvalue weighted by atomic mass is 10.2. The molecule has 0 aromatic carbocycles. The van der Waals surface area contributed by atoms with E-state index in [2.05, 4.69) is 38.0 Å². The molecule has 2 N–H and O–H groups in total. The summed E-state index contributed by atoms with van der Waals surface area (Å²) in [6.45, 7) is 2.81. The Morgan fingerprint density at radius 3 is 2.59 bits per heavy atom. The Labute approximate surface area is 115 Å². The quantitative estimate of drug-likeness (QED) is 0.672. The molecule has 3 nitrogen and oxygen atoms in total. The monoisotopic (exact) mass is 315 g/mol. The van der Waals surface area contributed by atoms with Gasteiger partial charge in [0.25, 0.3) is 0 Å². The Morgan fingerprint density at radius 2 is 2.00 bits per heavy atom. The molecule has 1 aromatic rings. The number of nitrogens with two attached hydrogens (primary N) is 1. The lowest BCUT2D eigenvalue weighted by molar-refractivity contribution is 0.428. The third-order valence-corrected chi connectivity index (χ3v) is 4.56. The summed E-state index contributed by atoms with van der Waals surface area (Å²) in [6.07, 6.45) is 5.12. The van der Waals surface area contributed by atoms with Gasteiger partial charge in [0.2, 0.25) is 0 Å². The highest BCUT2D eigenvalue weighted by Crippen LogP contribution is 2.22. The summed E-state index contributed by atoms with van der Waals surface area (Å²) < 4.78 is 1.15. The molecule has 0 atom stereocenters. The van der Waals surface area contributed by atoms with Gasteiger partial charge in [-0.1, -0.05) is 12.8 Å². The van der Waals surface area contributed by atoms with Gasteiger partial charge in [0, 0.05) is 18.0 Å². The van der Waals surface area contributed by atoms with Gasteiger partial charge in [-0.05, 0) is 40.9 Å². The van der Waals surface area contributed by atoms with Crippen molar-refractivity contribution in [3.63, 3.8) is 0 Å². The van der Waals surface area contributed by atoms with Crippen LogP contribution in [0, 0.1) is 0 Å². The van der Waals surface area contributed by atoms with Crippen LogP contribution in [0.3, 0.4) is 0 Å². The minimum absolute atomic E-state index is 0.693. The molecule has 0 spiro atoms. The van der Waals surface area contributed by atoms with E-state index in [9.17, 15) is 0 Å². The number of hydrogen-bond donors (Lipinski definition) is 1. The summed E-state index contributed by atoms with van der Waals surface area (Å²) in [6, 6.07) is 4.14. The Bertz CT molecular complexity index is 381. The third-order valence-electron chi connectivity index (χ3n) is 2.96. The van der Waals surface area contributed by atoms with Crippen LogP contribution >= 0.6 is 27.3 Å².